The van der Waals surface area contributed by atoms with Gasteiger partial charge in [-0.3, -0.25) is 19.2 Å². The van der Waals surface area contributed by atoms with Crippen LogP contribution in [0.25, 0.3) is 21.7 Å². The molecule has 0 radical (unpaired) electrons. The second-order valence-corrected chi connectivity index (χ2v) is 18.4. The maximum atomic E-state index is 10.9. The van der Waals surface area contributed by atoms with Crippen LogP contribution in [-0.4, -0.2) is 82.2 Å². The van der Waals surface area contributed by atoms with E-state index in [1.54, 1.807) is 28.1 Å². The van der Waals surface area contributed by atoms with Crippen molar-refractivity contribution < 1.29 is 38.1 Å². The fourth-order valence-corrected chi connectivity index (χ4v) is 9.89. The molecule has 3 atom stereocenters. The van der Waals surface area contributed by atoms with Crippen molar-refractivity contribution in [1.82, 2.24) is 26.3 Å². The Morgan fingerprint density at radius 1 is 0.643 bits per heavy atom. The Morgan fingerprint density at radius 3 is 1.97 bits per heavy atom. The van der Waals surface area contributed by atoms with E-state index in [0.29, 0.717) is 30.8 Å². The van der Waals surface area contributed by atoms with Crippen LogP contribution < -0.4 is 40.2 Å². The zero-order valence-electron chi connectivity index (χ0n) is 41.6. The van der Waals surface area contributed by atoms with Crippen molar-refractivity contribution in [3.05, 3.63) is 130 Å². The van der Waals surface area contributed by atoms with Crippen molar-refractivity contribution in [3.8, 4) is 23.0 Å². The van der Waals surface area contributed by atoms with Crippen molar-refractivity contribution in [1.29, 1.82) is 0 Å². The van der Waals surface area contributed by atoms with Crippen LogP contribution in [0.4, 0.5) is 0 Å². The molecule has 0 saturated heterocycles. The topological polar surface area (TPSA) is 169 Å². The summed E-state index contributed by atoms with van der Waals surface area (Å²) in [6, 6.07) is 28.9. The Labute approximate surface area is 411 Å². The molecule has 13 nitrogen and oxygen atoms in total. The van der Waals surface area contributed by atoms with E-state index in [2.05, 4.69) is 74.8 Å². The van der Waals surface area contributed by atoms with Gasteiger partial charge in [-0.1, -0.05) is 42.5 Å². The summed E-state index contributed by atoms with van der Waals surface area (Å²) in [4.78, 5) is 46.7. The first-order valence-corrected chi connectivity index (χ1v) is 24.6. The highest BCUT2D eigenvalue weighted by molar-refractivity contribution is 5.87. The van der Waals surface area contributed by atoms with Gasteiger partial charge in [0.1, 0.15) is 23.0 Å². The summed E-state index contributed by atoms with van der Waals surface area (Å²) in [5, 5.41) is 14.9. The maximum Gasteiger partial charge on any atom is 0.216 e. The molecule has 4 amide bonds. The molecular formula is C57H69N5O8. The normalized spacial score (nSPS) is 16.5. The minimum atomic E-state index is 0.00224. The van der Waals surface area contributed by atoms with Gasteiger partial charge in [0, 0.05) is 94.9 Å². The SMILES string of the molecule is CC(=O)NCC[C@@H]1CCc2ccc3c(c21)CCO3.CC(=O)NC[C@@H]1C[C@H]1c1cccc2c1CCO2.COc1ccc2[nH]cc(CCNC(C)=O)c2c1.COc1ccc2cccc(CCNC(C)=O)c2c1. The third-order valence-electron chi connectivity index (χ3n) is 13.5. The number of hydrogen-bond acceptors (Lipinski definition) is 8. The van der Waals surface area contributed by atoms with E-state index in [4.69, 9.17) is 18.9 Å². The smallest absolute Gasteiger partial charge is 0.216 e. The second-order valence-electron chi connectivity index (χ2n) is 18.4. The van der Waals surface area contributed by atoms with Gasteiger partial charge in [0.05, 0.1) is 27.4 Å². The quantitative estimate of drug-likeness (QED) is 0.0725. The summed E-state index contributed by atoms with van der Waals surface area (Å²) in [6.45, 7) is 10.8. The van der Waals surface area contributed by atoms with E-state index in [9.17, 15) is 19.2 Å². The van der Waals surface area contributed by atoms with Gasteiger partial charge < -0.3 is 45.2 Å². The molecule has 1 saturated carbocycles. The number of carbonyl (C=O) groups excluding carboxylic acids is 4. The highest BCUT2D eigenvalue weighted by atomic mass is 16.5. The van der Waals surface area contributed by atoms with Crippen molar-refractivity contribution in [2.24, 2.45) is 5.92 Å². The van der Waals surface area contributed by atoms with Crippen molar-refractivity contribution in [3.63, 3.8) is 0 Å². The predicted octanol–water partition coefficient (Wildman–Crippen LogP) is 8.42. The first-order valence-electron chi connectivity index (χ1n) is 24.6. The summed E-state index contributed by atoms with van der Waals surface area (Å²) in [6.07, 6.45) is 10.3. The molecule has 1 aromatic heterocycles. The van der Waals surface area contributed by atoms with E-state index in [1.165, 1.54) is 82.8 Å². The number of aryl methyl sites for hydroxylation is 1. The number of ether oxygens (including phenoxy) is 4. The zero-order chi connectivity index (χ0) is 49.6. The van der Waals surface area contributed by atoms with Crippen LogP contribution in [0, 0.1) is 5.92 Å². The number of fused-ring (bicyclic) bond motifs is 6. The molecule has 3 heterocycles. The van der Waals surface area contributed by atoms with E-state index >= 15 is 0 Å². The fraction of sp³-hybridized carbons (Fsp3) is 0.404. The van der Waals surface area contributed by atoms with Crippen LogP contribution in [0.1, 0.15) is 97.7 Å². The van der Waals surface area contributed by atoms with E-state index in [1.807, 2.05) is 42.6 Å². The molecule has 6 aromatic rings. The lowest BCUT2D eigenvalue weighted by Gasteiger charge is -2.14. The summed E-state index contributed by atoms with van der Waals surface area (Å²) >= 11 is 0. The molecule has 0 spiro atoms. The molecule has 13 heteroatoms. The maximum absolute atomic E-state index is 10.9. The monoisotopic (exact) mass is 952 g/mol. The standard InChI is InChI=1S/C15H19NO2.C15H17NO2.C14H17NO2.C13H16N2O2/c1-10(17)16-8-6-12-3-2-11-4-5-14-13(15(11)12)7-9-18-14;1-11(17)16-9-8-13-5-3-4-12-6-7-14(18-2)10-15(12)13;1-9(16)15-8-10-7-13(10)11-3-2-4-14-12(11)5-6-17-14;1-9(16)14-6-5-10-8-15-13-4-3-11(17-2)7-12(10)13/h4-5,12H,2-3,6-9H2,1H3,(H,16,17);3-7,10H,8-9H2,1-2H3,(H,16,17);2-4,10,13H,5-8H2,1H3,(H,15,16);3-4,7-8,15H,5-6H2,1-2H3,(H,14,16)/t12-;;10-,13+;/m0.0./s1. The first-order chi connectivity index (χ1) is 33.9. The van der Waals surface area contributed by atoms with E-state index in [-0.39, 0.29) is 23.6 Å². The molecule has 2 aliphatic heterocycles. The van der Waals surface area contributed by atoms with E-state index < -0.39 is 0 Å². The van der Waals surface area contributed by atoms with Crippen molar-refractivity contribution >= 4 is 45.3 Å². The Kier molecular flexibility index (Phi) is 17.8. The number of amides is 4. The number of aromatic amines is 1. The van der Waals surface area contributed by atoms with Gasteiger partial charge in [-0.2, -0.15) is 0 Å². The zero-order valence-corrected chi connectivity index (χ0v) is 41.6. The third kappa shape index (κ3) is 13.6. The van der Waals surface area contributed by atoms with Crippen LogP contribution in [-0.2, 0) is 51.3 Å². The highest BCUT2D eigenvalue weighted by Gasteiger charge is 2.40. The van der Waals surface area contributed by atoms with Gasteiger partial charge in [0.15, 0.2) is 0 Å². The second kappa shape index (κ2) is 24.5. The number of rotatable bonds is 14. The molecule has 1 fully saturated rings. The van der Waals surface area contributed by atoms with Gasteiger partial charge in [0.25, 0.3) is 0 Å². The van der Waals surface area contributed by atoms with Crippen LogP contribution in [0.5, 0.6) is 23.0 Å². The predicted molar refractivity (Wildman–Crippen MR) is 275 cm³/mol. The lowest BCUT2D eigenvalue weighted by atomic mass is 9.92. The lowest BCUT2D eigenvalue weighted by molar-refractivity contribution is -0.119. The van der Waals surface area contributed by atoms with Gasteiger partial charge in [-0.05, 0) is 137 Å². The number of aromatic nitrogens is 1. The summed E-state index contributed by atoms with van der Waals surface area (Å²) in [5.41, 5.74) is 10.8. The molecular weight excluding hydrogens is 883 g/mol. The molecule has 5 N–H and O–H groups in total. The molecule has 0 unspecified atom stereocenters. The molecule has 10 rings (SSSR count). The number of methoxy groups -OCH3 is 2. The average Bonchev–Trinajstić information content (AvgIpc) is 3.82. The molecule has 370 valence electrons. The van der Waals surface area contributed by atoms with Gasteiger partial charge in [-0.15, -0.1) is 0 Å². The van der Waals surface area contributed by atoms with Gasteiger partial charge in [0.2, 0.25) is 23.6 Å². The summed E-state index contributed by atoms with van der Waals surface area (Å²) < 4.78 is 21.7. The average molecular weight is 952 g/mol. The number of nitrogens with one attached hydrogen (secondary N) is 5. The Balaban J connectivity index is 0.000000138. The van der Waals surface area contributed by atoms with Crippen molar-refractivity contribution in [2.45, 2.75) is 90.9 Å². The molecule has 70 heavy (non-hydrogen) atoms. The van der Waals surface area contributed by atoms with Crippen LogP contribution in [0.15, 0.2) is 91.1 Å². The number of benzene rings is 5. The molecule has 2 aliphatic carbocycles. The number of H-pyrrole nitrogens is 1. The van der Waals surface area contributed by atoms with Gasteiger partial charge >= 0.3 is 0 Å². The van der Waals surface area contributed by atoms with Crippen LogP contribution in [0.3, 0.4) is 0 Å². The van der Waals surface area contributed by atoms with E-state index in [0.717, 1.165) is 92.3 Å². The molecule has 4 aliphatic rings. The minimum absolute atomic E-state index is 0.00224. The van der Waals surface area contributed by atoms with Crippen LogP contribution >= 0.6 is 0 Å². The number of hydrogen-bond donors (Lipinski definition) is 5. The first kappa shape index (κ1) is 50.8. The Morgan fingerprint density at radius 2 is 1.27 bits per heavy atom. The van der Waals surface area contributed by atoms with Gasteiger partial charge in [-0.25, -0.2) is 0 Å². The largest absolute Gasteiger partial charge is 0.497 e. The van der Waals surface area contributed by atoms with Crippen LogP contribution in [0.2, 0.25) is 0 Å². The third-order valence-corrected chi connectivity index (χ3v) is 13.5. The molecule has 0 bridgehead atoms. The molecule has 5 aromatic carbocycles. The fourth-order valence-electron chi connectivity index (χ4n) is 9.89. The Hall–Kier alpha value is -7.02. The minimum Gasteiger partial charge on any atom is -0.497 e. The van der Waals surface area contributed by atoms with Crippen molar-refractivity contribution in [2.75, 3.05) is 53.6 Å². The highest BCUT2D eigenvalue weighted by Crippen LogP contribution is 2.50. The number of carbonyl (C=O) groups is 4. The lowest BCUT2D eigenvalue weighted by Crippen LogP contribution is -2.22. The summed E-state index contributed by atoms with van der Waals surface area (Å²) in [5.74, 6) is 5.83. The Bertz CT molecular complexity index is 2780. The summed E-state index contributed by atoms with van der Waals surface area (Å²) in [7, 11) is 3.33.